The molecule has 0 radical (unpaired) electrons. The molecule has 0 aromatic heterocycles. The lowest BCUT2D eigenvalue weighted by atomic mass is 10.3. The van der Waals surface area contributed by atoms with Crippen LogP contribution in [0.15, 0.2) is 60.7 Å². The van der Waals surface area contributed by atoms with E-state index >= 15 is 0 Å². The van der Waals surface area contributed by atoms with Crippen LogP contribution in [0.1, 0.15) is 20.8 Å². The van der Waals surface area contributed by atoms with E-state index in [0.717, 1.165) is 11.5 Å². The maximum atomic E-state index is 5.58. The summed E-state index contributed by atoms with van der Waals surface area (Å²) in [6.45, 7) is 10.1. The van der Waals surface area contributed by atoms with E-state index in [1.807, 2.05) is 60.7 Å². The zero-order valence-corrected chi connectivity index (χ0v) is 12.8. The van der Waals surface area contributed by atoms with Crippen molar-refractivity contribution in [1.29, 1.82) is 0 Å². The van der Waals surface area contributed by atoms with Gasteiger partial charge in [-0.15, -0.1) is 0 Å². The van der Waals surface area contributed by atoms with Gasteiger partial charge in [-0.1, -0.05) is 57.2 Å². The second-order valence-electron chi connectivity index (χ2n) is 4.35. The van der Waals surface area contributed by atoms with E-state index < -0.39 is 0 Å². The highest BCUT2D eigenvalue weighted by atomic mass is 16.5. The van der Waals surface area contributed by atoms with Crippen LogP contribution in [0.25, 0.3) is 0 Å². The van der Waals surface area contributed by atoms with Crippen LogP contribution in [-0.4, -0.2) is 24.5 Å². The van der Waals surface area contributed by atoms with Gasteiger partial charge in [-0.3, -0.25) is 0 Å². The molecule has 0 heterocycles. The molecule has 0 N–H and O–H groups in total. The molecule has 0 saturated heterocycles. The summed E-state index contributed by atoms with van der Waals surface area (Å²) >= 11 is 0. The SMILES string of the molecule is CCN(CC)CC.c1ccc(Oc2ccccc2)cc1. The molecule has 2 rings (SSSR count). The highest BCUT2D eigenvalue weighted by molar-refractivity contribution is 5.30. The molecule has 0 saturated carbocycles. The van der Waals surface area contributed by atoms with Gasteiger partial charge in [0.1, 0.15) is 11.5 Å². The van der Waals surface area contributed by atoms with E-state index in [2.05, 4.69) is 25.7 Å². The van der Waals surface area contributed by atoms with Crippen molar-refractivity contribution in [2.24, 2.45) is 0 Å². The van der Waals surface area contributed by atoms with E-state index in [1.165, 1.54) is 19.6 Å². The van der Waals surface area contributed by atoms with Crippen molar-refractivity contribution in [3.8, 4) is 11.5 Å². The third-order valence-corrected chi connectivity index (χ3v) is 3.06. The number of hydrogen-bond acceptors (Lipinski definition) is 2. The van der Waals surface area contributed by atoms with Crippen molar-refractivity contribution >= 4 is 0 Å². The molecule has 0 amide bonds. The Bertz CT molecular complexity index is 394. The topological polar surface area (TPSA) is 12.5 Å². The molecule has 0 aliphatic rings. The number of para-hydroxylation sites is 2. The Labute approximate surface area is 123 Å². The van der Waals surface area contributed by atoms with Gasteiger partial charge in [0.2, 0.25) is 0 Å². The van der Waals surface area contributed by atoms with Crippen LogP contribution in [0.3, 0.4) is 0 Å². The van der Waals surface area contributed by atoms with Crippen molar-refractivity contribution in [2.45, 2.75) is 20.8 Å². The van der Waals surface area contributed by atoms with Crippen molar-refractivity contribution < 1.29 is 4.74 Å². The van der Waals surface area contributed by atoms with Gasteiger partial charge in [-0.25, -0.2) is 0 Å². The molecule has 0 unspecified atom stereocenters. The molecule has 2 nitrogen and oxygen atoms in total. The second kappa shape index (κ2) is 10.0. The van der Waals surface area contributed by atoms with Crippen molar-refractivity contribution in [1.82, 2.24) is 4.90 Å². The quantitative estimate of drug-likeness (QED) is 0.772. The molecule has 0 spiro atoms. The highest BCUT2D eigenvalue weighted by Gasteiger charge is 1.92. The predicted molar refractivity (Wildman–Crippen MR) is 86.4 cm³/mol. The monoisotopic (exact) mass is 271 g/mol. The van der Waals surface area contributed by atoms with Crippen LogP contribution in [0.5, 0.6) is 11.5 Å². The summed E-state index contributed by atoms with van der Waals surface area (Å²) in [5.41, 5.74) is 0. The van der Waals surface area contributed by atoms with Crippen molar-refractivity contribution in [3.63, 3.8) is 0 Å². The third-order valence-electron chi connectivity index (χ3n) is 3.06. The summed E-state index contributed by atoms with van der Waals surface area (Å²) in [5, 5.41) is 0. The van der Waals surface area contributed by atoms with E-state index in [1.54, 1.807) is 0 Å². The summed E-state index contributed by atoms with van der Waals surface area (Å²) in [5.74, 6) is 1.74. The average molecular weight is 271 g/mol. The van der Waals surface area contributed by atoms with Crippen molar-refractivity contribution in [3.05, 3.63) is 60.7 Å². The Morgan fingerprint density at radius 2 is 1.00 bits per heavy atom. The van der Waals surface area contributed by atoms with Crippen LogP contribution >= 0.6 is 0 Å². The second-order valence-corrected chi connectivity index (χ2v) is 4.35. The minimum absolute atomic E-state index is 0.869. The summed E-state index contributed by atoms with van der Waals surface area (Å²) in [6.07, 6.45) is 0. The maximum absolute atomic E-state index is 5.58. The van der Waals surface area contributed by atoms with Crippen LogP contribution in [0.4, 0.5) is 0 Å². The summed E-state index contributed by atoms with van der Waals surface area (Å²) in [6, 6.07) is 19.5. The van der Waals surface area contributed by atoms with E-state index in [4.69, 9.17) is 4.74 Å². The fourth-order valence-corrected chi connectivity index (χ4v) is 1.78. The lowest BCUT2D eigenvalue weighted by Crippen LogP contribution is -2.21. The Kier molecular flexibility index (Phi) is 8.16. The maximum Gasteiger partial charge on any atom is 0.127 e. The third kappa shape index (κ3) is 6.39. The number of hydrogen-bond donors (Lipinski definition) is 0. The van der Waals surface area contributed by atoms with E-state index in [-0.39, 0.29) is 0 Å². The van der Waals surface area contributed by atoms with E-state index in [9.17, 15) is 0 Å². The fraction of sp³-hybridized carbons (Fsp3) is 0.333. The first-order valence-electron chi connectivity index (χ1n) is 7.30. The standard InChI is InChI=1S/C12H10O.C6H15N/c1-3-7-11(8-4-1)13-12-9-5-2-6-10-12;1-4-7(5-2)6-3/h1-10H;4-6H2,1-3H3. The minimum Gasteiger partial charge on any atom is -0.457 e. The zero-order valence-electron chi connectivity index (χ0n) is 12.8. The Hall–Kier alpha value is -1.80. The Morgan fingerprint density at radius 1 is 0.650 bits per heavy atom. The van der Waals surface area contributed by atoms with Gasteiger partial charge in [0.15, 0.2) is 0 Å². The molecular formula is C18H25NO. The first kappa shape index (κ1) is 16.3. The summed E-state index contributed by atoms with van der Waals surface area (Å²) in [4.78, 5) is 2.38. The number of nitrogens with zero attached hydrogens (tertiary/aromatic N) is 1. The molecule has 20 heavy (non-hydrogen) atoms. The molecule has 0 aliphatic carbocycles. The van der Waals surface area contributed by atoms with Gasteiger partial charge < -0.3 is 9.64 Å². The molecule has 0 atom stereocenters. The van der Waals surface area contributed by atoms with Crippen LogP contribution < -0.4 is 4.74 Å². The normalized spacial score (nSPS) is 9.80. The smallest absolute Gasteiger partial charge is 0.127 e. The van der Waals surface area contributed by atoms with Gasteiger partial charge in [0.25, 0.3) is 0 Å². The zero-order chi connectivity index (χ0) is 14.6. The Balaban J connectivity index is 0.000000246. The molecule has 2 aromatic rings. The number of rotatable bonds is 5. The van der Waals surface area contributed by atoms with Crippen LogP contribution in [0, 0.1) is 0 Å². The summed E-state index contributed by atoms with van der Waals surface area (Å²) < 4.78 is 5.58. The molecule has 0 aliphatic heterocycles. The first-order valence-corrected chi connectivity index (χ1v) is 7.30. The van der Waals surface area contributed by atoms with Crippen LogP contribution in [0.2, 0.25) is 0 Å². The van der Waals surface area contributed by atoms with Crippen molar-refractivity contribution in [2.75, 3.05) is 19.6 Å². The molecule has 108 valence electrons. The molecule has 2 aromatic carbocycles. The highest BCUT2D eigenvalue weighted by Crippen LogP contribution is 2.19. The largest absolute Gasteiger partial charge is 0.457 e. The molecule has 2 heteroatoms. The molecular weight excluding hydrogens is 246 g/mol. The number of benzene rings is 2. The first-order chi connectivity index (χ1) is 9.80. The van der Waals surface area contributed by atoms with Gasteiger partial charge in [-0.2, -0.15) is 0 Å². The Morgan fingerprint density at radius 3 is 1.25 bits per heavy atom. The number of ether oxygens (including phenoxy) is 1. The average Bonchev–Trinajstić information content (AvgIpc) is 2.52. The van der Waals surface area contributed by atoms with Gasteiger partial charge in [-0.05, 0) is 43.9 Å². The molecule has 0 bridgehead atoms. The fourth-order valence-electron chi connectivity index (χ4n) is 1.78. The minimum atomic E-state index is 0.869. The molecule has 0 fully saturated rings. The lowest BCUT2D eigenvalue weighted by Gasteiger charge is -2.13. The predicted octanol–water partition coefficient (Wildman–Crippen LogP) is 4.83. The van der Waals surface area contributed by atoms with Gasteiger partial charge in [0, 0.05) is 0 Å². The summed E-state index contributed by atoms with van der Waals surface area (Å²) in [7, 11) is 0. The van der Waals surface area contributed by atoms with Crippen LogP contribution in [-0.2, 0) is 0 Å². The van der Waals surface area contributed by atoms with E-state index in [0.29, 0.717) is 0 Å². The van der Waals surface area contributed by atoms with Gasteiger partial charge >= 0.3 is 0 Å². The lowest BCUT2D eigenvalue weighted by molar-refractivity contribution is 0.321. The van der Waals surface area contributed by atoms with Gasteiger partial charge in [0.05, 0.1) is 0 Å².